The highest BCUT2D eigenvalue weighted by molar-refractivity contribution is 6.26. The Morgan fingerprint density at radius 1 is 1.07 bits per heavy atom. The van der Waals surface area contributed by atoms with Gasteiger partial charge >= 0.3 is 5.97 Å². The van der Waals surface area contributed by atoms with Crippen LogP contribution in [0.1, 0.15) is 40.0 Å². The second kappa shape index (κ2) is 8.40. The van der Waals surface area contributed by atoms with Crippen molar-refractivity contribution in [3.05, 3.63) is 41.5 Å². The molecule has 0 aromatic heterocycles. The first-order valence-electron chi connectivity index (χ1n) is 9.37. The fraction of sp³-hybridized carbons (Fsp3) is 0.333. The molecular formula is C21H23N3O5. The van der Waals surface area contributed by atoms with E-state index >= 15 is 0 Å². The number of aliphatic carboxylic acids is 1. The first kappa shape index (κ1) is 20.5. The number of benzene rings is 2. The third-order valence-electron chi connectivity index (χ3n) is 4.78. The molecule has 0 atom stereocenters. The van der Waals surface area contributed by atoms with E-state index in [0.29, 0.717) is 34.1 Å². The smallest absolute Gasteiger partial charge is 0.303 e. The van der Waals surface area contributed by atoms with Gasteiger partial charge in [0.05, 0.1) is 5.56 Å². The lowest BCUT2D eigenvalue weighted by atomic mass is 9.93. The molecule has 0 bridgehead atoms. The average molecular weight is 397 g/mol. The van der Waals surface area contributed by atoms with Crippen molar-refractivity contribution in [3.8, 4) is 0 Å². The van der Waals surface area contributed by atoms with E-state index in [-0.39, 0.29) is 43.5 Å². The minimum absolute atomic E-state index is 0.0705. The first-order valence-corrected chi connectivity index (χ1v) is 9.37. The number of imide groups is 1. The summed E-state index contributed by atoms with van der Waals surface area (Å²) in [7, 11) is 3.73. The SMILES string of the molecule is CN(C)CCN1C(=O)c2cccc3cc(NC(=O)CCCC(=O)O)cc(c23)C1=O. The number of carboxylic acid groups (broad SMARTS) is 1. The van der Waals surface area contributed by atoms with Crippen LogP contribution in [-0.4, -0.2) is 65.8 Å². The van der Waals surface area contributed by atoms with Crippen LogP contribution in [0.15, 0.2) is 30.3 Å². The Balaban J connectivity index is 1.91. The molecule has 0 saturated heterocycles. The second-order valence-corrected chi connectivity index (χ2v) is 7.29. The summed E-state index contributed by atoms with van der Waals surface area (Å²) in [5.41, 5.74) is 1.28. The maximum Gasteiger partial charge on any atom is 0.303 e. The van der Waals surface area contributed by atoms with Gasteiger partial charge in [0.1, 0.15) is 0 Å². The molecule has 8 heteroatoms. The normalized spacial score (nSPS) is 13.3. The molecule has 0 saturated carbocycles. The number of carbonyl (C=O) groups excluding carboxylic acids is 3. The van der Waals surface area contributed by atoms with Crippen molar-refractivity contribution < 1.29 is 24.3 Å². The molecule has 0 radical (unpaired) electrons. The Hall–Kier alpha value is -3.26. The molecule has 0 unspecified atom stereocenters. The van der Waals surface area contributed by atoms with Crippen LogP contribution in [0.3, 0.4) is 0 Å². The molecular weight excluding hydrogens is 374 g/mol. The second-order valence-electron chi connectivity index (χ2n) is 7.29. The van der Waals surface area contributed by atoms with Gasteiger partial charge in [-0.25, -0.2) is 0 Å². The number of carboxylic acids is 1. The van der Waals surface area contributed by atoms with Crippen LogP contribution >= 0.6 is 0 Å². The molecule has 29 heavy (non-hydrogen) atoms. The van der Waals surface area contributed by atoms with Crippen LogP contribution in [0.2, 0.25) is 0 Å². The van der Waals surface area contributed by atoms with Crippen molar-refractivity contribution in [1.82, 2.24) is 9.80 Å². The van der Waals surface area contributed by atoms with Gasteiger partial charge in [-0.05, 0) is 44.1 Å². The van der Waals surface area contributed by atoms with Gasteiger partial charge in [0.25, 0.3) is 11.8 Å². The molecule has 3 amide bonds. The van der Waals surface area contributed by atoms with Gasteiger partial charge in [-0.1, -0.05) is 12.1 Å². The van der Waals surface area contributed by atoms with Crippen LogP contribution in [0.4, 0.5) is 5.69 Å². The molecule has 0 fully saturated rings. The lowest BCUT2D eigenvalue weighted by molar-refractivity contribution is -0.137. The van der Waals surface area contributed by atoms with Crippen molar-refractivity contribution >= 4 is 40.2 Å². The summed E-state index contributed by atoms with van der Waals surface area (Å²) in [6, 6.07) is 8.54. The lowest BCUT2D eigenvalue weighted by Crippen LogP contribution is -2.43. The number of hydrogen-bond donors (Lipinski definition) is 2. The van der Waals surface area contributed by atoms with Crippen LogP contribution in [0, 0.1) is 0 Å². The maximum atomic E-state index is 13.0. The Kier molecular flexibility index (Phi) is 5.93. The molecule has 1 aliphatic heterocycles. The summed E-state index contributed by atoms with van der Waals surface area (Å²) in [5, 5.41) is 12.7. The lowest BCUT2D eigenvalue weighted by Gasteiger charge is -2.28. The van der Waals surface area contributed by atoms with E-state index in [1.165, 1.54) is 4.90 Å². The number of rotatable bonds is 8. The Labute approximate surface area is 168 Å². The number of hydrogen-bond acceptors (Lipinski definition) is 5. The summed E-state index contributed by atoms with van der Waals surface area (Å²) in [5.74, 6) is -1.98. The maximum absolute atomic E-state index is 13.0. The fourth-order valence-electron chi connectivity index (χ4n) is 3.36. The van der Waals surface area contributed by atoms with E-state index in [2.05, 4.69) is 5.32 Å². The van der Waals surface area contributed by atoms with Crippen LogP contribution in [0.25, 0.3) is 10.8 Å². The van der Waals surface area contributed by atoms with Gasteiger partial charge < -0.3 is 15.3 Å². The topological polar surface area (TPSA) is 107 Å². The summed E-state index contributed by atoms with van der Waals surface area (Å²) < 4.78 is 0. The number of nitrogens with zero attached hydrogens (tertiary/aromatic N) is 2. The van der Waals surface area contributed by atoms with Crippen LogP contribution < -0.4 is 5.32 Å². The Bertz CT molecular complexity index is 999. The zero-order valence-corrected chi connectivity index (χ0v) is 16.4. The predicted molar refractivity (Wildman–Crippen MR) is 108 cm³/mol. The third-order valence-corrected chi connectivity index (χ3v) is 4.78. The highest BCUT2D eigenvalue weighted by Crippen LogP contribution is 2.32. The number of likely N-dealkylation sites (N-methyl/N-ethyl adjacent to an activating group) is 1. The van der Waals surface area contributed by atoms with Crippen molar-refractivity contribution in [3.63, 3.8) is 0 Å². The van der Waals surface area contributed by atoms with Gasteiger partial charge in [0.2, 0.25) is 5.91 Å². The van der Waals surface area contributed by atoms with E-state index in [1.54, 1.807) is 30.3 Å². The fourth-order valence-corrected chi connectivity index (χ4v) is 3.36. The zero-order chi connectivity index (χ0) is 21.1. The monoisotopic (exact) mass is 397 g/mol. The van der Waals surface area contributed by atoms with Crippen molar-refractivity contribution in [2.24, 2.45) is 0 Å². The highest BCUT2D eigenvalue weighted by Gasteiger charge is 2.33. The largest absolute Gasteiger partial charge is 0.481 e. The van der Waals surface area contributed by atoms with Crippen LogP contribution in [0.5, 0.6) is 0 Å². The van der Waals surface area contributed by atoms with E-state index in [1.807, 2.05) is 19.0 Å². The number of anilines is 1. The molecule has 2 N–H and O–H groups in total. The molecule has 2 aromatic rings. The Morgan fingerprint density at radius 3 is 2.48 bits per heavy atom. The van der Waals surface area contributed by atoms with E-state index in [0.717, 1.165) is 0 Å². The average Bonchev–Trinajstić information content (AvgIpc) is 2.65. The molecule has 3 rings (SSSR count). The van der Waals surface area contributed by atoms with Gasteiger partial charge in [0.15, 0.2) is 0 Å². The number of carbonyl (C=O) groups is 4. The molecule has 2 aromatic carbocycles. The standard InChI is InChI=1S/C21H23N3O5/c1-23(2)9-10-24-20(28)15-6-3-5-13-11-14(12-16(19(13)15)21(24)29)22-17(25)7-4-8-18(26)27/h3,5-6,11-12H,4,7-10H2,1-2H3,(H,22,25)(H,26,27). The van der Waals surface area contributed by atoms with Gasteiger partial charge in [-0.15, -0.1) is 0 Å². The molecule has 8 nitrogen and oxygen atoms in total. The zero-order valence-electron chi connectivity index (χ0n) is 16.4. The van der Waals surface area contributed by atoms with Crippen LogP contribution in [-0.2, 0) is 9.59 Å². The highest BCUT2D eigenvalue weighted by atomic mass is 16.4. The summed E-state index contributed by atoms with van der Waals surface area (Å²) in [6.07, 6.45) is 0.222. The van der Waals surface area contributed by atoms with E-state index in [4.69, 9.17) is 5.11 Å². The van der Waals surface area contributed by atoms with Gasteiger partial charge in [-0.3, -0.25) is 24.1 Å². The number of nitrogens with one attached hydrogen (secondary N) is 1. The first-order chi connectivity index (χ1) is 13.8. The Morgan fingerprint density at radius 2 is 1.79 bits per heavy atom. The van der Waals surface area contributed by atoms with E-state index < -0.39 is 5.97 Å². The third kappa shape index (κ3) is 4.43. The quantitative estimate of drug-likeness (QED) is 0.661. The number of amides is 3. The van der Waals surface area contributed by atoms with Gasteiger partial charge in [0, 0.05) is 42.6 Å². The molecule has 0 aliphatic carbocycles. The van der Waals surface area contributed by atoms with Crippen molar-refractivity contribution in [2.75, 3.05) is 32.5 Å². The van der Waals surface area contributed by atoms with Gasteiger partial charge in [-0.2, -0.15) is 0 Å². The molecule has 152 valence electrons. The summed E-state index contributed by atoms with van der Waals surface area (Å²) in [6.45, 7) is 0.815. The van der Waals surface area contributed by atoms with Crippen molar-refractivity contribution in [1.29, 1.82) is 0 Å². The minimum Gasteiger partial charge on any atom is -0.481 e. The summed E-state index contributed by atoms with van der Waals surface area (Å²) in [4.78, 5) is 51.7. The predicted octanol–water partition coefficient (Wildman–Crippen LogP) is 2.19. The molecule has 1 heterocycles. The minimum atomic E-state index is -0.950. The molecule has 0 spiro atoms. The summed E-state index contributed by atoms with van der Waals surface area (Å²) >= 11 is 0. The molecule has 1 aliphatic rings. The van der Waals surface area contributed by atoms with Crippen molar-refractivity contribution in [2.45, 2.75) is 19.3 Å². The van der Waals surface area contributed by atoms with E-state index in [9.17, 15) is 19.2 Å².